The van der Waals surface area contributed by atoms with Crippen LogP contribution in [-0.4, -0.2) is 23.7 Å². The maximum absolute atomic E-state index is 11.7. The smallest absolute Gasteiger partial charge is 0.220 e. The Hall–Kier alpha value is -1.55. The molecule has 0 saturated carbocycles. The zero-order valence-electron chi connectivity index (χ0n) is 12.6. The monoisotopic (exact) mass is 279 g/mol. The first-order valence-corrected chi connectivity index (χ1v) is 7.19. The number of benzene rings is 1. The molecule has 0 aliphatic carbocycles. The van der Waals surface area contributed by atoms with Gasteiger partial charge in [-0.05, 0) is 51.3 Å². The van der Waals surface area contributed by atoms with E-state index in [0.717, 1.165) is 17.7 Å². The SMILES string of the molecule is CC(C)Oc1ccc(C(C)NC(=O)CCCCO)cc1. The van der Waals surface area contributed by atoms with Crippen LogP contribution in [0, 0.1) is 0 Å². The standard InChI is InChI=1S/C16H25NO3/c1-12(2)20-15-9-7-14(8-10-15)13(3)17-16(19)6-4-5-11-18/h7-10,12-13,18H,4-6,11H2,1-3H3,(H,17,19). The quantitative estimate of drug-likeness (QED) is 0.719. The number of hydrogen-bond donors (Lipinski definition) is 2. The summed E-state index contributed by atoms with van der Waals surface area (Å²) in [5.74, 6) is 0.860. The van der Waals surface area contributed by atoms with Crippen molar-refractivity contribution < 1.29 is 14.6 Å². The summed E-state index contributed by atoms with van der Waals surface area (Å²) in [6, 6.07) is 7.75. The molecule has 4 nitrogen and oxygen atoms in total. The van der Waals surface area contributed by atoms with E-state index in [9.17, 15) is 4.79 Å². The molecule has 1 amide bonds. The summed E-state index contributed by atoms with van der Waals surface area (Å²) < 4.78 is 5.58. The Morgan fingerprint density at radius 3 is 2.40 bits per heavy atom. The number of carbonyl (C=O) groups is 1. The lowest BCUT2D eigenvalue weighted by molar-refractivity contribution is -0.121. The third kappa shape index (κ3) is 6.06. The highest BCUT2D eigenvalue weighted by Crippen LogP contribution is 2.18. The number of aliphatic hydroxyl groups excluding tert-OH is 1. The number of hydrogen-bond acceptors (Lipinski definition) is 3. The van der Waals surface area contributed by atoms with Crippen LogP contribution < -0.4 is 10.1 Å². The number of carbonyl (C=O) groups excluding carboxylic acids is 1. The van der Waals surface area contributed by atoms with E-state index in [1.807, 2.05) is 45.0 Å². The first-order chi connectivity index (χ1) is 9.52. The molecule has 1 aromatic rings. The minimum atomic E-state index is -0.0234. The summed E-state index contributed by atoms with van der Waals surface area (Å²) in [5, 5.41) is 11.6. The topological polar surface area (TPSA) is 58.6 Å². The van der Waals surface area contributed by atoms with E-state index in [-0.39, 0.29) is 24.7 Å². The lowest BCUT2D eigenvalue weighted by Crippen LogP contribution is -2.26. The molecule has 112 valence electrons. The molecule has 1 aromatic carbocycles. The molecule has 1 rings (SSSR count). The maximum atomic E-state index is 11.7. The Bertz CT molecular complexity index is 401. The number of aliphatic hydroxyl groups is 1. The Kier molecular flexibility index (Phi) is 7.09. The average Bonchev–Trinajstić information content (AvgIpc) is 2.39. The molecule has 0 aliphatic rings. The molecule has 0 bridgehead atoms. The lowest BCUT2D eigenvalue weighted by Gasteiger charge is -2.15. The van der Waals surface area contributed by atoms with Gasteiger partial charge in [-0.2, -0.15) is 0 Å². The number of amides is 1. The number of unbranched alkanes of at least 4 members (excludes halogenated alkanes) is 1. The van der Waals surface area contributed by atoms with Gasteiger partial charge in [0, 0.05) is 13.0 Å². The zero-order chi connectivity index (χ0) is 15.0. The van der Waals surface area contributed by atoms with Crippen LogP contribution in [0.15, 0.2) is 24.3 Å². The molecule has 0 saturated heterocycles. The number of nitrogens with one attached hydrogen (secondary N) is 1. The fourth-order valence-electron chi connectivity index (χ4n) is 1.90. The predicted molar refractivity (Wildman–Crippen MR) is 79.7 cm³/mol. The highest BCUT2D eigenvalue weighted by molar-refractivity contribution is 5.76. The van der Waals surface area contributed by atoms with E-state index in [0.29, 0.717) is 12.8 Å². The summed E-state index contributed by atoms with van der Waals surface area (Å²) in [6.45, 7) is 6.08. The third-order valence-electron chi connectivity index (χ3n) is 2.94. The highest BCUT2D eigenvalue weighted by atomic mass is 16.5. The van der Waals surface area contributed by atoms with Gasteiger partial charge in [0.15, 0.2) is 0 Å². The molecule has 1 atom stereocenters. The molecule has 20 heavy (non-hydrogen) atoms. The van der Waals surface area contributed by atoms with Crippen molar-refractivity contribution >= 4 is 5.91 Å². The van der Waals surface area contributed by atoms with Crippen molar-refractivity contribution in [2.45, 2.75) is 52.2 Å². The molecule has 2 N–H and O–H groups in total. The van der Waals surface area contributed by atoms with Gasteiger partial charge in [-0.25, -0.2) is 0 Å². The van der Waals surface area contributed by atoms with Gasteiger partial charge in [0.2, 0.25) is 5.91 Å². The molecule has 0 aromatic heterocycles. The highest BCUT2D eigenvalue weighted by Gasteiger charge is 2.09. The average molecular weight is 279 g/mol. The van der Waals surface area contributed by atoms with E-state index in [1.165, 1.54) is 0 Å². The Morgan fingerprint density at radius 2 is 1.85 bits per heavy atom. The van der Waals surface area contributed by atoms with E-state index < -0.39 is 0 Å². The predicted octanol–water partition coefficient (Wildman–Crippen LogP) is 2.81. The normalized spacial score (nSPS) is 12.2. The molecular formula is C16H25NO3. The molecule has 0 heterocycles. The van der Waals surface area contributed by atoms with Crippen molar-refractivity contribution in [3.05, 3.63) is 29.8 Å². The van der Waals surface area contributed by atoms with Crippen LogP contribution in [0.2, 0.25) is 0 Å². The van der Waals surface area contributed by atoms with Crippen LogP contribution in [0.5, 0.6) is 5.75 Å². The minimum Gasteiger partial charge on any atom is -0.491 e. The van der Waals surface area contributed by atoms with E-state index >= 15 is 0 Å². The van der Waals surface area contributed by atoms with Crippen molar-refractivity contribution in [3.8, 4) is 5.75 Å². The van der Waals surface area contributed by atoms with Gasteiger partial charge in [-0.1, -0.05) is 12.1 Å². The maximum Gasteiger partial charge on any atom is 0.220 e. The van der Waals surface area contributed by atoms with Crippen LogP contribution in [0.1, 0.15) is 51.6 Å². The number of ether oxygens (including phenoxy) is 1. The van der Waals surface area contributed by atoms with Gasteiger partial charge < -0.3 is 15.2 Å². The molecule has 0 radical (unpaired) electrons. The van der Waals surface area contributed by atoms with Gasteiger partial charge in [-0.15, -0.1) is 0 Å². The summed E-state index contributed by atoms with van der Waals surface area (Å²) in [6.07, 6.45) is 2.00. The van der Waals surface area contributed by atoms with Crippen molar-refractivity contribution in [1.29, 1.82) is 0 Å². The summed E-state index contributed by atoms with van der Waals surface area (Å²) >= 11 is 0. The fourth-order valence-corrected chi connectivity index (χ4v) is 1.90. The van der Waals surface area contributed by atoms with Gasteiger partial charge in [0.25, 0.3) is 0 Å². The van der Waals surface area contributed by atoms with Crippen molar-refractivity contribution in [2.24, 2.45) is 0 Å². The number of rotatable bonds is 8. The first kappa shape index (κ1) is 16.5. The Morgan fingerprint density at radius 1 is 1.20 bits per heavy atom. The summed E-state index contributed by atoms with van der Waals surface area (Å²) in [5.41, 5.74) is 1.05. The van der Waals surface area contributed by atoms with Gasteiger partial charge in [0.1, 0.15) is 5.75 Å². The van der Waals surface area contributed by atoms with Crippen LogP contribution in [0.25, 0.3) is 0 Å². The minimum absolute atomic E-state index is 0.0217. The third-order valence-corrected chi connectivity index (χ3v) is 2.94. The van der Waals surface area contributed by atoms with E-state index in [2.05, 4.69) is 5.32 Å². The Labute approximate surface area is 121 Å². The molecule has 4 heteroatoms. The first-order valence-electron chi connectivity index (χ1n) is 7.19. The van der Waals surface area contributed by atoms with Crippen LogP contribution in [0.3, 0.4) is 0 Å². The van der Waals surface area contributed by atoms with Gasteiger partial charge in [-0.3, -0.25) is 4.79 Å². The van der Waals surface area contributed by atoms with Crippen LogP contribution in [-0.2, 0) is 4.79 Å². The second-order valence-electron chi connectivity index (χ2n) is 5.21. The van der Waals surface area contributed by atoms with Crippen molar-refractivity contribution in [2.75, 3.05) is 6.61 Å². The molecule has 0 fully saturated rings. The second-order valence-corrected chi connectivity index (χ2v) is 5.21. The molecule has 1 unspecified atom stereocenters. The zero-order valence-corrected chi connectivity index (χ0v) is 12.6. The summed E-state index contributed by atoms with van der Waals surface area (Å²) in [4.78, 5) is 11.7. The molecule has 0 spiro atoms. The largest absolute Gasteiger partial charge is 0.491 e. The lowest BCUT2D eigenvalue weighted by atomic mass is 10.1. The van der Waals surface area contributed by atoms with Gasteiger partial charge in [0.05, 0.1) is 12.1 Å². The fraction of sp³-hybridized carbons (Fsp3) is 0.562. The van der Waals surface area contributed by atoms with Gasteiger partial charge >= 0.3 is 0 Å². The second kappa shape index (κ2) is 8.59. The van der Waals surface area contributed by atoms with Crippen LogP contribution >= 0.6 is 0 Å². The van der Waals surface area contributed by atoms with Crippen molar-refractivity contribution in [3.63, 3.8) is 0 Å². The summed E-state index contributed by atoms with van der Waals surface area (Å²) in [7, 11) is 0. The van der Waals surface area contributed by atoms with E-state index in [4.69, 9.17) is 9.84 Å². The molecule has 0 aliphatic heterocycles. The Balaban J connectivity index is 2.46. The van der Waals surface area contributed by atoms with Crippen LogP contribution in [0.4, 0.5) is 0 Å². The van der Waals surface area contributed by atoms with Crippen molar-refractivity contribution in [1.82, 2.24) is 5.32 Å². The van der Waals surface area contributed by atoms with E-state index in [1.54, 1.807) is 0 Å². The molecular weight excluding hydrogens is 254 g/mol.